The summed E-state index contributed by atoms with van der Waals surface area (Å²) in [6, 6.07) is 0. The third-order valence-corrected chi connectivity index (χ3v) is 2.25. The van der Waals surface area contributed by atoms with Gasteiger partial charge in [0.2, 0.25) is 0 Å². The van der Waals surface area contributed by atoms with Crippen molar-refractivity contribution in [1.82, 2.24) is 0 Å². The van der Waals surface area contributed by atoms with Crippen LogP contribution in [-0.2, 0) is 4.79 Å². The van der Waals surface area contributed by atoms with Crippen LogP contribution in [0.15, 0.2) is 21.7 Å². The minimum Gasteiger partial charge on any atom is -0.298 e. The smallest absolute Gasteiger partial charge is 0.146 e. The van der Waals surface area contributed by atoms with Crippen molar-refractivity contribution in [3.63, 3.8) is 0 Å². The summed E-state index contributed by atoms with van der Waals surface area (Å²) in [7, 11) is 0. The Kier molecular flexibility index (Phi) is 1.86. The average Bonchev–Trinajstić information content (AvgIpc) is 2.13. The van der Waals surface area contributed by atoms with Gasteiger partial charge in [0.15, 0.2) is 0 Å². The largest absolute Gasteiger partial charge is 0.298 e. The molecule has 1 rings (SSSR count). The number of rotatable bonds is 1. The third kappa shape index (κ3) is 1.30. The fraction of sp³-hybridized carbons (Fsp3) is 0.286. The zero-order valence-electron chi connectivity index (χ0n) is 5.15. The second-order valence-electron chi connectivity index (χ2n) is 2.14. The molecule has 0 saturated carbocycles. The zero-order chi connectivity index (χ0) is 6.85. The summed E-state index contributed by atoms with van der Waals surface area (Å²) in [4.78, 5) is 10.2. The van der Waals surface area contributed by atoms with Gasteiger partial charge < -0.3 is 0 Å². The van der Waals surface area contributed by atoms with Crippen molar-refractivity contribution in [2.75, 3.05) is 0 Å². The maximum atomic E-state index is 10.2. The summed E-state index contributed by atoms with van der Waals surface area (Å²) in [6.07, 6.45) is 3.57. The number of hydrogen-bond acceptors (Lipinski definition) is 1. The fourth-order valence-corrected chi connectivity index (χ4v) is 1.24. The summed E-state index contributed by atoms with van der Waals surface area (Å²) in [5.74, 6) is 0. The number of aldehydes is 1. The molecule has 0 heterocycles. The molecular formula is C7H7BrO. The van der Waals surface area contributed by atoms with Crippen LogP contribution < -0.4 is 0 Å². The molecule has 0 amide bonds. The predicted octanol–water partition coefficient (Wildman–Crippen LogP) is 2.18. The van der Waals surface area contributed by atoms with Gasteiger partial charge in [-0.15, -0.1) is 0 Å². The van der Waals surface area contributed by atoms with Crippen molar-refractivity contribution < 1.29 is 4.79 Å². The summed E-state index contributed by atoms with van der Waals surface area (Å²) in [5.41, 5.74) is 2.09. The van der Waals surface area contributed by atoms with Gasteiger partial charge in [0.05, 0.1) is 0 Å². The molecule has 1 nitrogen and oxygen atoms in total. The molecule has 0 radical (unpaired) electrons. The van der Waals surface area contributed by atoms with Crippen LogP contribution in [0.25, 0.3) is 0 Å². The first-order chi connectivity index (χ1) is 4.24. The summed E-state index contributed by atoms with van der Waals surface area (Å²) < 4.78 is 1.06. The van der Waals surface area contributed by atoms with Gasteiger partial charge in [0.25, 0.3) is 0 Å². The molecule has 0 aromatic heterocycles. The van der Waals surface area contributed by atoms with E-state index in [1.165, 1.54) is 5.57 Å². The first-order valence-corrected chi connectivity index (χ1v) is 3.54. The molecule has 0 saturated heterocycles. The molecule has 0 bridgehead atoms. The lowest BCUT2D eigenvalue weighted by Crippen LogP contribution is -1.77. The normalized spacial score (nSPS) is 18.2. The van der Waals surface area contributed by atoms with Gasteiger partial charge in [0, 0.05) is 4.48 Å². The first-order valence-electron chi connectivity index (χ1n) is 2.75. The molecule has 0 unspecified atom stereocenters. The standard InChI is InChI=1S/C7H7BrO/c1-5-2-6(4-9)3-7(5)8/h3-4H,2H2,1H3. The molecular weight excluding hydrogens is 180 g/mol. The van der Waals surface area contributed by atoms with E-state index in [0.717, 1.165) is 22.8 Å². The second-order valence-corrected chi connectivity index (χ2v) is 3.00. The van der Waals surface area contributed by atoms with Crippen molar-refractivity contribution in [2.24, 2.45) is 0 Å². The maximum absolute atomic E-state index is 10.2. The first kappa shape index (κ1) is 6.75. The molecule has 1 aliphatic rings. The van der Waals surface area contributed by atoms with Crippen molar-refractivity contribution in [2.45, 2.75) is 13.3 Å². The third-order valence-electron chi connectivity index (χ3n) is 1.34. The van der Waals surface area contributed by atoms with Crippen molar-refractivity contribution in [1.29, 1.82) is 0 Å². The van der Waals surface area contributed by atoms with E-state index in [0.29, 0.717) is 0 Å². The fourth-order valence-electron chi connectivity index (χ4n) is 0.803. The maximum Gasteiger partial charge on any atom is 0.146 e. The van der Waals surface area contributed by atoms with Crippen LogP contribution in [0.1, 0.15) is 13.3 Å². The second kappa shape index (κ2) is 2.48. The lowest BCUT2D eigenvalue weighted by atomic mass is 10.2. The Bertz CT molecular complexity index is 201. The topological polar surface area (TPSA) is 17.1 Å². The van der Waals surface area contributed by atoms with Gasteiger partial charge >= 0.3 is 0 Å². The Morgan fingerprint density at radius 2 is 2.44 bits per heavy atom. The lowest BCUT2D eigenvalue weighted by molar-refractivity contribution is -0.104. The molecule has 0 spiro atoms. The highest BCUT2D eigenvalue weighted by molar-refractivity contribution is 9.11. The number of allylic oxidation sites excluding steroid dienone is 4. The molecule has 0 aromatic rings. The molecule has 9 heavy (non-hydrogen) atoms. The Labute approximate surface area is 62.6 Å². The van der Waals surface area contributed by atoms with E-state index < -0.39 is 0 Å². The van der Waals surface area contributed by atoms with E-state index in [1.807, 2.05) is 13.0 Å². The lowest BCUT2D eigenvalue weighted by Gasteiger charge is -1.88. The summed E-state index contributed by atoms with van der Waals surface area (Å²) in [5, 5.41) is 0. The Morgan fingerprint density at radius 3 is 2.67 bits per heavy atom. The van der Waals surface area contributed by atoms with Gasteiger partial charge in [0.1, 0.15) is 6.29 Å². The van der Waals surface area contributed by atoms with Crippen LogP contribution >= 0.6 is 15.9 Å². The summed E-state index contributed by atoms with van der Waals surface area (Å²) in [6.45, 7) is 2.01. The number of halogens is 1. The van der Waals surface area contributed by atoms with Crippen molar-refractivity contribution in [3.8, 4) is 0 Å². The molecule has 48 valence electrons. The molecule has 1 aliphatic carbocycles. The molecule has 2 heteroatoms. The zero-order valence-corrected chi connectivity index (χ0v) is 6.73. The van der Waals surface area contributed by atoms with Crippen LogP contribution in [0.5, 0.6) is 0 Å². The van der Waals surface area contributed by atoms with Gasteiger partial charge in [-0.2, -0.15) is 0 Å². The van der Waals surface area contributed by atoms with Crippen LogP contribution in [-0.4, -0.2) is 6.29 Å². The average molecular weight is 187 g/mol. The predicted molar refractivity (Wildman–Crippen MR) is 40.4 cm³/mol. The van der Waals surface area contributed by atoms with Gasteiger partial charge in [-0.25, -0.2) is 0 Å². The highest BCUT2D eigenvalue weighted by atomic mass is 79.9. The van der Waals surface area contributed by atoms with E-state index in [9.17, 15) is 4.79 Å². The van der Waals surface area contributed by atoms with Gasteiger partial charge in [-0.1, -0.05) is 21.5 Å². The Balaban J connectivity index is 2.78. The van der Waals surface area contributed by atoms with E-state index in [2.05, 4.69) is 15.9 Å². The number of hydrogen-bond donors (Lipinski definition) is 0. The van der Waals surface area contributed by atoms with Crippen LogP contribution in [0.4, 0.5) is 0 Å². The minimum atomic E-state index is 0.810. The van der Waals surface area contributed by atoms with E-state index in [1.54, 1.807) is 0 Å². The van der Waals surface area contributed by atoms with Gasteiger partial charge in [-0.05, 0) is 25.0 Å². The van der Waals surface area contributed by atoms with Crippen molar-refractivity contribution in [3.05, 3.63) is 21.7 Å². The van der Waals surface area contributed by atoms with E-state index in [4.69, 9.17) is 0 Å². The van der Waals surface area contributed by atoms with E-state index in [-0.39, 0.29) is 0 Å². The Morgan fingerprint density at radius 1 is 1.78 bits per heavy atom. The number of carbonyl (C=O) groups excluding carboxylic acids is 1. The quantitative estimate of drug-likeness (QED) is 0.575. The van der Waals surface area contributed by atoms with Gasteiger partial charge in [-0.3, -0.25) is 4.79 Å². The van der Waals surface area contributed by atoms with Crippen LogP contribution in [0, 0.1) is 0 Å². The molecule has 0 aromatic carbocycles. The molecule has 0 fully saturated rings. The highest BCUT2D eigenvalue weighted by Gasteiger charge is 2.08. The molecule has 0 atom stereocenters. The van der Waals surface area contributed by atoms with Crippen LogP contribution in [0.2, 0.25) is 0 Å². The van der Waals surface area contributed by atoms with Crippen molar-refractivity contribution >= 4 is 22.2 Å². The molecule has 0 aliphatic heterocycles. The minimum absolute atomic E-state index is 0.810. The van der Waals surface area contributed by atoms with E-state index >= 15 is 0 Å². The summed E-state index contributed by atoms with van der Waals surface area (Å²) >= 11 is 3.33. The Hall–Kier alpha value is -0.370. The monoisotopic (exact) mass is 186 g/mol. The van der Waals surface area contributed by atoms with Crippen LogP contribution in [0.3, 0.4) is 0 Å². The number of carbonyl (C=O) groups is 1. The molecule has 0 N–H and O–H groups in total. The highest BCUT2D eigenvalue weighted by Crippen LogP contribution is 2.27. The SMILES string of the molecule is CC1=C(Br)C=C(C=O)C1.